The van der Waals surface area contributed by atoms with Gasteiger partial charge >= 0.3 is 0 Å². The minimum Gasteiger partial charge on any atom is -0.320 e. The SMILES string of the molecule is CC(C)(C)c1ccn2c(C(C)(C)C)ccc2c1. The lowest BCUT2D eigenvalue weighted by molar-refractivity contribution is 0.562. The fourth-order valence-electron chi connectivity index (χ4n) is 2.19. The summed E-state index contributed by atoms with van der Waals surface area (Å²) in [6, 6.07) is 9.00. The van der Waals surface area contributed by atoms with E-state index in [1.54, 1.807) is 0 Å². The van der Waals surface area contributed by atoms with Gasteiger partial charge in [0.05, 0.1) is 0 Å². The predicted molar refractivity (Wildman–Crippen MR) is 74.8 cm³/mol. The molecule has 1 heteroatoms. The van der Waals surface area contributed by atoms with Gasteiger partial charge in [-0.15, -0.1) is 0 Å². The van der Waals surface area contributed by atoms with Gasteiger partial charge in [0.2, 0.25) is 0 Å². The van der Waals surface area contributed by atoms with E-state index in [0.29, 0.717) is 0 Å². The first kappa shape index (κ1) is 12.2. The van der Waals surface area contributed by atoms with E-state index < -0.39 is 0 Å². The molecule has 0 aliphatic carbocycles. The Kier molecular flexibility index (Phi) is 2.61. The Morgan fingerprint density at radius 1 is 0.824 bits per heavy atom. The molecule has 2 aromatic heterocycles. The summed E-state index contributed by atoms with van der Waals surface area (Å²) >= 11 is 0. The van der Waals surface area contributed by atoms with Gasteiger partial charge in [0.1, 0.15) is 0 Å². The molecular formula is C16H23N. The third kappa shape index (κ3) is 2.24. The van der Waals surface area contributed by atoms with Gasteiger partial charge in [-0.25, -0.2) is 0 Å². The molecule has 1 nitrogen and oxygen atoms in total. The molecule has 2 heterocycles. The molecule has 0 aliphatic rings. The Hall–Kier alpha value is -1.24. The Morgan fingerprint density at radius 2 is 1.47 bits per heavy atom. The van der Waals surface area contributed by atoms with E-state index in [0.717, 1.165) is 0 Å². The molecule has 0 unspecified atom stereocenters. The van der Waals surface area contributed by atoms with Crippen LogP contribution in [0.5, 0.6) is 0 Å². The molecule has 0 N–H and O–H groups in total. The summed E-state index contributed by atoms with van der Waals surface area (Å²) in [6.45, 7) is 13.5. The summed E-state index contributed by atoms with van der Waals surface area (Å²) in [5.74, 6) is 0. The summed E-state index contributed by atoms with van der Waals surface area (Å²) in [7, 11) is 0. The molecule has 0 aliphatic heterocycles. The molecule has 0 amide bonds. The van der Waals surface area contributed by atoms with Gasteiger partial charge in [-0.3, -0.25) is 0 Å². The third-order valence-electron chi connectivity index (χ3n) is 3.29. The van der Waals surface area contributed by atoms with Crippen molar-refractivity contribution in [3.05, 3.63) is 41.7 Å². The Labute approximate surface area is 104 Å². The van der Waals surface area contributed by atoms with Crippen molar-refractivity contribution in [3.8, 4) is 0 Å². The number of aromatic nitrogens is 1. The quantitative estimate of drug-likeness (QED) is 0.625. The molecular weight excluding hydrogens is 206 g/mol. The van der Waals surface area contributed by atoms with Gasteiger partial charge in [0.15, 0.2) is 0 Å². The molecule has 0 aromatic carbocycles. The highest BCUT2D eigenvalue weighted by Crippen LogP contribution is 2.28. The van der Waals surface area contributed by atoms with Crippen molar-refractivity contribution in [2.45, 2.75) is 52.4 Å². The standard InChI is InChI=1S/C16H23N/c1-15(2,3)12-9-10-17-13(11-12)7-8-14(17)16(4,5)6/h7-11H,1-6H3. The molecule has 0 saturated heterocycles. The van der Waals surface area contributed by atoms with Crippen LogP contribution in [-0.4, -0.2) is 4.40 Å². The zero-order chi connectivity index (χ0) is 12.8. The minimum atomic E-state index is 0.190. The second-order valence-corrected chi connectivity index (χ2v) is 6.93. The van der Waals surface area contributed by atoms with Crippen LogP contribution in [0.15, 0.2) is 30.5 Å². The van der Waals surface area contributed by atoms with Crippen LogP contribution in [0.1, 0.15) is 52.8 Å². The van der Waals surface area contributed by atoms with Crippen LogP contribution in [0.25, 0.3) is 5.52 Å². The molecule has 0 fully saturated rings. The lowest BCUT2D eigenvalue weighted by Crippen LogP contribution is -2.15. The highest BCUT2D eigenvalue weighted by atomic mass is 14.9. The van der Waals surface area contributed by atoms with Gasteiger partial charge in [-0.05, 0) is 35.2 Å². The second-order valence-electron chi connectivity index (χ2n) is 6.93. The summed E-state index contributed by atoms with van der Waals surface area (Å²) in [6.07, 6.45) is 2.20. The highest BCUT2D eigenvalue weighted by molar-refractivity contribution is 5.53. The van der Waals surface area contributed by atoms with Gasteiger partial charge < -0.3 is 4.40 Å². The number of nitrogens with zero attached hydrogens (tertiary/aromatic N) is 1. The summed E-state index contributed by atoms with van der Waals surface area (Å²) in [5.41, 5.74) is 4.46. The van der Waals surface area contributed by atoms with E-state index in [1.807, 2.05) is 0 Å². The largest absolute Gasteiger partial charge is 0.320 e. The van der Waals surface area contributed by atoms with Crippen LogP contribution >= 0.6 is 0 Å². The highest BCUT2D eigenvalue weighted by Gasteiger charge is 2.19. The van der Waals surface area contributed by atoms with E-state index in [4.69, 9.17) is 0 Å². The van der Waals surface area contributed by atoms with E-state index in [1.165, 1.54) is 16.8 Å². The van der Waals surface area contributed by atoms with Crippen LogP contribution in [0.4, 0.5) is 0 Å². The molecule has 17 heavy (non-hydrogen) atoms. The van der Waals surface area contributed by atoms with Crippen molar-refractivity contribution in [2.24, 2.45) is 0 Å². The van der Waals surface area contributed by atoms with Crippen LogP contribution in [0.3, 0.4) is 0 Å². The number of pyridine rings is 1. The molecule has 2 aromatic rings. The monoisotopic (exact) mass is 229 g/mol. The number of rotatable bonds is 0. The van der Waals surface area contributed by atoms with Crippen molar-refractivity contribution in [1.82, 2.24) is 4.40 Å². The van der Waals surface area contributed by atoms with E-state index in [2.05, 4.69) is 76.4 Å². The summed E-state index contributed by atoms with van der Waals surface area (Å²) in [5, 5.41) is 0. The van der Waals surface area contributed by atoms with Crippen molar-refractivity contribution in [3.63, 3.8) is 0 Å². The first-order chi connectivity index (χ1) is 7.69. The lowest BCUT2D eigenvalue weighted by Gasteiger charge is -2.21. The van der Waals surface area contributed by atoms with Crippen LogP contribution < -0.4 is 0 Å². The van der Waals surface area contributed by atoms with Crippen molar-refractivity contribution >= 4 is 5.52 Å². The Bertz CT molecular complexity index is 533. The normalized spacial score (nSPS) is 13.3. The first-order valence-corrected chi connectivity index (χ1v) is 6.32. The number of fused-ring (bicyclic) bond motifs is 1. The molecule has 0 spiro atoms. The maximum Gasteiger partial charge on any atom is 0.0456 e. The third-order valence-corrected chi connectivity index (χ3v) is 3.29. The van der Waals surface area contributed by atoms with Gasteiger partial charge in [0.25, 0.3) is 0 Å². The molecule has 0 atom stereocenters. The Morgan fingerprint density at radius 3 is 2.00 bits per heavy atom. The van der Waals surface area contributed by atoms with E-state index in [-0.39, 0.29) is 10.8 Å². The fraction of sp³-hybridized carbons (Fsp3) is 0.500. The van der Waals surface area contributed by atoms with Gasteiger partial charge in [0, 0.05) is 22.8 Å². The average Bonchev–Trinajstić information content (AvgIpc) is 2.57. The maximum absolute atomic E-state index is 2.30. The molecule has 0 bridgehead atoms. The van der Waals surface area contributed by atoms with Crippen molar-refractivity contribution in [1.29, 1.82) is 0 Å². The zero-order valence-electron chi connectivity index (χ0n) is 11.8. The molecule has 92 valence electrons. The number of hydrogen-bond acceptors (Lipinski definition) is 0. The average molecular weight is 229 g/mol. The lowest BCUT2D eigenvalue weighted by atomic mass is 9.87. The summed E-state index contributed by atoms with van der Waals surface area (Å²) < 4.78 is 2.30. The minimum absolute atomic E-state index is 0.190. The maximum atomic E-state index is 2.30. The van der Waals surface area contributed by atoms with E-state index in [9.17, 15) is 0 Å². The summed E-state index contributed by atoms with van der Waals surface area (Å²) in [4.78, 5) is 0. The smallest absolute Gasteiger partial charge is 0.0456 e. The topological polar surface area (TPSA) is 4.41 Å². The number of hydrogen-bond donors (Lipinski definition) is 0. The molecule has 0 radical (unpaired) electrons. The second kappa shape index (κ2) is 3.63. The zero-order valence-corrected chi connectivity index (χ0v) is 11.8. The van der Waals surface area contributed by atoms with Crippen LogP contribution in [-0.2, 0) is 10.8 Å². The molecule has 0 saturated carbocycles. The van der Waals surface area contributed by atoms with E-state index >= 15 is 0 Å². The van der Waals surface area contributed by atoms with Gasteiger partial charge in [-0.2, -0.15) is 0 Å². The van der Waals surface area contributed by atoms with Crippen molar-refractivity contribution in [2.75, 3.05) is 0 Å². The first-order valence-electron chi connectivity index (χ1n) is 6.32. The predicted octanol–water partition coefficient (Wildman–Crippen LogP) is 4.53. The molecule has 2 rings (SSSR count). The van der Waals surface area contributed by atoms with Crippen LogP contribution in [0, 0.1) is 0 Å². The Balaban J connectivity index is 2.61. The van der Waals surface area contributed by atoms with Crippen LogP contribution in [0.2, 0.25) is 0 Å². The van der Waals surface area contributed by atoms with Crippen molar-refractivity contribution < 1.29 is 0 Å². The fourth-order valence-corrected chi connectivity index (χ4v) is 2.19. The van der Waals surface area contributed by atoms with Gasteiger partial charge in [-0.1, -0.05) is 41.5 Å².